The third-order valence-corrected chi connectivity index (χ3v) is 4.50. The summed E-state index contributed by atoms with van der Waals surface area (Å²) in [5.41, 5.74) is 3.28. The second kappa shape index (κ2) is 4.15. The highest BCUT2D eigenvalue weighted by molar-refractivity contribution is 5.19. The highest BCUT2D eigenvalue weighted by Gasteiger charge is 2.35. The molecule has 0 aromatic carbocycles. The van der Waals surface area contributed by atoms with Gasteiger partial charge in [-0.15, -0.1) is 0 Å². The van der Waals surface area contributed by atoms with Gasteiger partial charge in [-0.1, -0.05) is 37.1 Å². The summed E-state index contributed by atoms with van der Waals surface area (Å²) in [5, 5.41) is 0. The van der Waals surface area contributed by atoms with Crippen molar-refractivity contribution in [3.8, 4) is 0 Å². The first-order valence-corrected chi connectivity index (χ1v) is 6.42. The van der Waals surface area contributed by atoms with Gasteiger partial charge in [0.05, 0.1) is 0 Å². The van der Waals surface area contributed by atoms with Crippen molar-refractivity contribution >= 4 is 0 Å². The van der Waals surface area contributed by atoms with Crippen LogP contribution in [0.5, 0.6) is 0 Å². The summed E-state index contributed by atoms with van der Waals surface area (Å²) in [7, 11) is 0. The molecule has 84 valence electrons. The van der Waals surface area contributed by atoms with Crippen molar-refractivity contribution < 1.29 is 0 Å². The lowest BCUT2D eigenvalue weighted by Crippen LogP contribution is -2.32. The van der Waals surface area contributed by atoms with Gasteiger partial charge in [0.2, 0.25) is 0 Å². The molecule has 0 aromatic rings. The molecule has 0 N–H and O–H groups in total. The Labute approximate surface area is 94.5 Å². The van der Waals surface area contributed by atoms with E-state index in [2.05, 4.69) is 39.8 Å². The predicted octanol–water partition coefficient (Wildman–Crippen LogP) is 4.58. The summed E-state index contributed by atoms with van der Waals surface area (Å²) >= 11 is 0. The number of rotatable bonds is 1. The van der Waals surface area contributed by atoms with E-state index in [0.717, 1.165) is 23.7 Å². The molecule has 0 radical (unpaired) electrons. The highest BCUT2D eigenvalue weighted by Crippen LogP contribution is 2.45. The summed E-state index contributed by atoms with van der Waals surface area (Å²) in [6.45, 7) is 9.43. The number of allylic oxidation sites excluding steroid dienone is 4. The predicted molar refractivity (Wildman–Crippen MR) is 66.7 cm³/mol. The van der Waals surface area contributed by atoms with Crippen molar-refractivity contribution in [2.24, 2.45) is 23.7 Å². The topological polar surface area (TPSA) is 0 Å². The van der Waals surface area contributed by atoms with Gasteiger partial charge in [0.25, 0.3) is 0 Å². The second-order valence-corrected chi connectivity index (χ2v) is 5.85. The van der Waals surface area contributed by atoms with Gasteiger partial charge in [-0.25, -0.2) is 0 Å². The van der Waals surface area contributed by atoms with Gasteiger partial charge in [-0.2, -0.15) is 0 Å². The first kappa shape index (κ1) is 11.0. The molecule has 0 fully saturated rings. The molecule has 0 amide bonds. The van der Waals surface area contributed by atoms with Crippen LogP contribution in [0.1, 0.15) is 47.0 Å². The van der Waals surface area contributed by atoms with Crippen molar-refractivity contribution in [1.29, 1.82) is 0 Å². The average Bonchev–Trinajstić information content (AvgIpc) is 2.17. The van der Waals surface area contributed by atoms with Crippen LogP contribution in [0.15, 0.2) is 23.3 Å². The maximum Gasteiger partial charge on any atom is -0.0137 e. The minimum atomic E-state index is 0.841. The quantitative estimate of drug-likeness (QED) is 0.548. The molecule has 0 heterocycles. The summed E-state index contributed by atoms with van der Waals surface area (Å²) in [4.78, 5) is 0. The van der Waals surface area contributed by atoms with Crippen LogP contribution in [-0.4, -0.2) is 0 Å². The van der Waals surface area contributed by atoms with Gasteiger partial charge < -0.3 is 0 Å². The summed E-state index contributed by atoms with van der Waals surface area (Å²) in [6.07, 6.45) is 8.92. The molecule has 2 aliphatic carbocycles. The SMILES string of the molecule is CC1=CC[C@@H]2C(C)=CC[C@H](C(C)C)[C@H]2C1. The zero-order valence-corrected chi connectivity index (χ0v) is 10.6. The van der Waals surface area contributed by atoms with Crippen LogP contribution >= 0.6 is 0 Å². The molecule has 0 spiro atoms. The van der Waals surface area contributed by atoms with Gasteiger partial charge in [0.15, 0.2) is 0 Å². The van der Waals surface area contributed by atoms with Gasteiger partial charge >= 0.3 is 0 Å². The molecule has 0 aromatic heterocycles. The molecular weight excluding hydrogens is 180 g/mol. The second-order valence-electron chi connectivity index (χ2n) is 5.85. The van der Waals surface area contributed by atoms with E-state index < -0.39 is 0 Å². The van der Waals surface area contributed by atoms with Crippen molar-refractivity contribution in [3.05, 3.63) is 23.3 Å². The van der Waals surface area contributed by atoms with Crippen LogP contribution in [0.2, 0.25) is 0 Å². The Balaban J connectivity index is 2.24. The molecular formula is C15H24. The lowest BCUT2D eigenvalue weighted by atomic mass is 9.63. The minimum Gasteiger partial charge on any atom is -0.0850 e. The Morgan fingerprint density at radius 3 is 2.53 bits per heavy atom. The molecule has 2 rings (SSSR count). The maximum atomic E-state index is 2.50. The molecule has 0 unspecified atom stereocenters. The number of hydrogen-bond donors (Lipinski definition) is 0. The molecule has 0 saturated heterocycles. The van der Waals surface area contributed by atoms with E-state index in [-0.39, 0.29) is 0 Å². The zero-order chi connectivity index (χ0) is 11.0. The highest BCUT2D eigenvalue weighted by atomic mass is 14.4. The monoisotopic (exact) mass is 204 g/mol. The van der Waals surface area contributed by atoms with E-state index in [1.54, 1.807) is 11.1 Å². The largest absolute Gasteiger partial charge is 0.0850 e. The Hall–Kier alpha value is -0.520. The Kier molecular flexibility index (Phi) is 3.04. The molecule has 3 atom stereocenters. The first-order chi connectivity index (χ1) is 7.09. The Morgan fingerprint density at radius 2 is 1.87 bits per heavy atom. The molecule has 0 saturated carbocycles. The molecule has 0 aliphatic heterocycles. The van der Waals surface area contributed by atoms with Crippen LogP contribution in [0, 0.1) is 23.7 Å². The molecule has 0 heteroatoms. The third-order valence-electron chi connectivity index (χ3n) is 4.50. The number of hydrogen-bond acceptors (Lipinski definition) is 0. The Morgan fingerprint density at radius 1 is 1.13 bits per heavy atom. The number of fused-ring (bicyclic) bond motifs is 1. The van der Waals surface area contributed by atoms with E-state index in [1.807, 2.05) is 0 Å². The fourth-order valence-corrected chi connectivity index (χ4v) is 3.49. The van der Waals surface area contributed by atoms with E-state index in [4.69, 9.17) is 0 Å². The standard InChI is InChI=1S/C15H24/c1-10(2)13-8-6-12(4)14-7-5-11(3)9-15(13)14/h5-6,10,13-15H,7-9H2,1-4H3/t13-,14-,15-/m1/s1. The smallest absolute Gasteiger partial charge is 0.0137 e. The molecule has 0 nitrogen and oxygen atoms in total. The van der Waals surface area contributed by atoms with E-state index in [9.17, 15) is 0 Å². The van der Waals surface area contributed by atoms with Crippen molar-refractivity contribution in [2.75, 3.05) is 0 Å². The van der Waals surface area contributed by atoms with E-state index in [0.29, 0.717) is 0 Å². The van der Waals surface area contributed by atoms with Crippen LogP contribution in [0.25, 0.3) is 0 Å². The molecule has 2 aliphatic rings. The zero-order valence-electron chi connectivity index (χ0n) is 10.6. The summed E-state index contributed by atoms with van der Waals surface area (Å²) in [5.74, 6) is 3.55. The van der Waals surface area contributed by atoms with Gasteiger partial charge in [-0.3, -0.25) is 0 Å². The van der Waals surface area contributed by atoms with Crippen molar-refractivity contribution in [1.82, 2.24) is 0 Å². The van der Waals surface area contributed by atoms with Crippen LogP contribution < -0.4 is 0 Å². The third kappa shape index (κ3) is 2.04. The van der Waals surface area contributed by atoms with Crippen LogP contribution in [0.3, 0.4) is 0 Å². The molecule has 15 heavy (non-hydrogen) atoms. The first-order valence-electron chi connectivity index (χ1n) is 6.42. The van der Waals surface area contributed by atoms with Gasteiger partial charge in [-0.05, 0) is 56.8 Å². The average molecular weight is 204 g/mol. The summed E-state index contributed by atoms with van der Waals surface area (Å²) in [6, 6.07) is 0. The minimum absolute atomic E-state index is 0.841. The van der Waals surface area contributed by atoms with Gasteiger partial charge in [0.1, 0.15) is 0 Å². The lowest BCUT2D eigenvalue weighted by Gasteiger charge is -2.42. The Bertz CT molecular complexity index is 293. The summed E-state index contributed by atoms with van der Waals surface area (Å²) < 4.78 is 0. The normalized spacial score (nSPS) is 35.9. The van der Waals surface area contributed by atoms with E-state index >= 15 is 0 Å². The van der Waals surface area contributed by atoms with Crippen molar-refractivity contribution in [3.63, 3.8) is 0 Å². The fourth-order valence-electron chi connectivity index (χ4n) is 3.49. The van der Waals surface area contributed by atoms with Crippen LogP contribution in [-0.2, 0) is 0 Å². The van der Waals surface area contributed by atoms with Crippen molar-refractivity contribution in [2.45, 2.75) is 47.0 Å². The molecule has 0 bridgehead atoms. The lowest BCUT2D eigenvalue weighted by molar-refractivity contribution is 0.175. The van der Waals surface area contributed by atoms with Crippen LogP contribution in [0.4, 0.5) is 0 Å². The van der Waals surface area contributed by atoms with E-state index in [1.165, 1.54) is 19.3 Å². The maximum absolute atomic E-state index is 2.50. The fraction of sp³-hybridized carbons (Fsp3) is 0.733. The van der Waals surface area contributed by atoms with Gasteiger partial charge in [0, 0.05) is 0 Å².